The van der Waals surface area contributed by atoms with Gasteiger partial charge in [-0.1, -0.05) is 69.2 Å². The third-order valence-electron chi connectivity index (χ3n) is 10.3. The van der Waals surface area contributed by atoms with Crippen molar-refractivity contribution >= 4 is 49.0 Å². The molecule has 3 aromatic rings. The van der Waals surface area contributed by atoms with E-state index in [1.807, 2.05) is 36.4 Å². The highest BCUT2D eigenvalue weighted by molar-refractivity contribution is 7.87. The number of allylic oxidation sites excluding steroid dienone is 4. The summed E-state index contributed by atoms with van der Waals surface area (Å²) in [6.45, 7) is 6.99. The zero-order valence-electron chi connectivity index (χ0n) is 30.5. The van der Waals surface area contributed by atoms with Crippen LogP contribution in [-0.2, 0) is 44.2 Å². The molecular formula is C40H49N2O8S2+. The van der Waals surface area contributed by atoms with Crippen LogP contribution in [0.25, 0.3) is 0 Å². The number of para-hydroxylation sites is 2. The fourth-order valence-corrected chi connectivity index (χ4v) is 8.88. The monoisotopic (exact) mass is 749 g/mol. The van der Waals surface area contributed by atoms with Crippen LogP contribution in [0.3, 0.4) is 0 Å². The Morgan fingerprint density at radius 3 is 2.25 bits per heavy atom. The molecule has 0 amide bonds. The van der Waals surface area contributed by atoms with E-state index in [-0.39, 0.29) is 17.1 Å². The summed E-state index contributed by atoms with van der Waals surface area (Å²) in [4.78, 5) is 13.4. The molecule has 2 aliphatic heterocycles. The Balaban J connectivity index is 1.58. The highest BCUT2D eigenvalue weighted by atomic mass is 32.2. The van der Waals surface area contributed by atoms with Crippen LogP contribution in [0.2, 0.25) is 0 Å². The Bertz CT molecular complexity index is 2110. The van der Waals surface area contributed by atoms with Gasteiger partial charge in [0.05, 0.1) is 30.3 Å². The zero-order valence-corrected chi connectivity index (χ0v) is 32.2. The molecule has 1 N–H and O–H groups in total. The number of unbranched alkanes of at least 4 members (excludes halogenated alkanes) is 3. The van der Waals surface area contributed by atoms with Crippen molar-refractivity contribution in [3.63, 3.8) is 0 Å². The van der Waals surface area contributed by atoms with E-state index in [9.17, 15) is 21.6 Å². The first kappa shape index (κ1) is 39.1. The van der Waals surface area contributed by atoms with Gasteiger partial charge in [0.2, 0.25) is 11.4 Å². The molecule has 0 spiro atoms. The van der Waals surface area contributed by atoms with Crippen LogP contribution in [0.5, 0.6) is 0 Å². The number of nitrogens with zero attached hydrogens (tertiary/aromatic N) is 2. The molecule has 1 unspecified atom stereocenters. The lowest BCUT2D eigenvalue weighted by molar-refractivity contribution is -0.137. The summed E-state index contributed by atoms with van der Waals surface area (Å²) in [5.74, 6) is -0.857. The molecule has 0 saturated heterocycles. The Labute approximate surface area is 308 Å². The third kappa shape index (κ3) is 8.10. The predicted molar refractivity (Wildman–Crippen MR) is 206 cm³/mol. The number of carbonyl (C=O) groups is 1. The fraction of sp³-hybridized carbons (Fsp3) is 0.400. The second kappa shape index (κ2) is 15.9. The van der Waals surface area contributed by atoms with Gasteiger partial charge < -0.3 is 10.0 Å². The van der Waals surface area contributed by atoms with Gasteiger partial charge in [-0.25, -0.2) is 0 Å². The minimum Gasteiger partial charge on any atom is -0.481 e. The van der Waals surface area contributed by atoms with Crippen molar-refractivity contribution in [2.45, 2.75) is 81.4 Å². The summed E-state index contributed by atoms with van der Waals surface area (Å²) in [6.07, 6.45) is 10.3. The minimum absolute atomic E-state index is 0.0456. The molecule has 12 heteroatoms. The largest absolute Gasteiger partial charge is 0.481 e. The van der Waals surface area contributed by atoms with Gasteiger partial charge in [0, 0.05) is 59.6 Å². The smallest absolute Gasteiger partial charge is 0.303 e. The number of hydrogen-bond donors (Lipinski definition) is 1. The average molecular weight is 750 g/mol. The van der Waals surface area contributed by atoms with E-state index >= 15 is 0 Å². The van der Waals surface area contributed by atoms with Crippen molar-refractivity contribution in [1.82, 2.24) is 4.58 Å². The maximum atomic E-state index is 12.7. The number of carboxylic acid groups (broad SMARTS) is 1. The number of carboxylic acids is 1. The lowest BCUT2D eigenvalue weighted by Crippen LogP contribution is -2.31. The molecule has 1 atom stereocenters. The summed E-state index contributed by atoms with van der Waals surface area (Å²) in [5, 5.41) is 9.13. The molecule has 52 heavy (non-hydrogen) atoms. The van der Waals surface area contributed by atoms with Crippen molar-refractivity contribution in [1.29, 1.82) is 0 Å². The fourth-order valence-electron chi connectivity index (χ4n) is 7.47. The first-order valence-corrected chi connectivity index (χ1v) is 20.6. The molecule has 0 bridgehead atoms. The minimum atomic E-state index is -3.91. The van der Waals surface area contributed by atoms with Crippen LogP contribution in [0.1, 0.15) is 76.8 Å². The van der Waals surface area contributed by atoms with Crippen molar-refractivity contribution < 1.29 is 35.1 Å². The molecule has 0 saturated carbocycles. The number of hydrogen-bond acceptors (Lipinski definition) is 8. The Morgan fingerprint density at radius 2 is 1.56 bits per heavy atom. The summed E-state index contributed by atoms with van der Waals surface area (Å²) in [6, 6.07) is 23.6. The first-order valence-electron chi connectivity index (χ1n) is 17.6. The van der Waals surface area contributed by atoms with Gasteiger partial charge in [0.25, 0.3) is 20.2 Å². The number of rotatable bonds is 17. The van der Waals surface area contributed by atoms with Crippen LogP contribution < -0.4 is 9.48 Å². The standard InChI is InChI=1S/C40H48N2O8S2/c1-39(2)33-29-31(52(47,48)50-5)24-25-34(33)41(27-14-7-10-23-38(43)44)36(39)21-16-22-37-40(3,26-13-15-28-51(45,46)49-4)32-19-11-12-20-35(32)42(37)30-17-8-6-9-18-30/h6,8-9,11-12,16-22,24-25,29H,7,10,13-15,23,26-28H2,1-5H3/p+1. The molecular weight excluding hydrogens is 701 g/mol. The van der Waals surface area contributed by atoms with E-state index < -0.39 is 37.0 Å². The van der Waals surface area contributed by atoms with Crippen LogP contribution in [0, 0.1) is 0 Å². The van der Waals surface area contributed by atoms with Gasteiger partial charge in [-0.15, -0.1) is 0 Å². The van der Waals surface area contributed by atoms with E-state index in [4.69, 9.17) is 13.5 Å². The van der Waals surface area contributed by atoms with Crippen molar-refractivity contribution in [2.75, 3.05) is 31.4 Å². The molecule has 3 aromatic carbocycles. The molecule has 0 aliphatic carbocycles. The Kier molecular flexibility index (Phi) is 11.9. The normalized spacial score (nSPS) is 19.1. The van der Waals surface area contributed by atoms with Gasteiger partial charge in [-0.05, 0) is 62.4 Å². The summed E-state index contributed by atoms with van der Waals surface area (Å²) >= 11 is 0. The van der Waals surface area contributed by atoms with Crippen LogP contribution >= 0.6 is 0 Å². The molecule has 2 heterocycles. The van der Waals surface area contributed by atoms with Crippen molar-refractivity contribution in [3.05, 3.63) is 108 Å². The zero-order chi connectivity index (χ0) is 37.7. The predicted octanol–water partition coefficient (Wildman–Crippen LogP) is 7.60. The Hall–Kier alpha value is -4.10. The topological polar surface area (TPSA) is 130 Å². The second-order valence-corrected chi connectivity index (χ2v) is 17.6. The Morgan fingerprint density at radius 1 is 0.846 bits per heavy atom. The second-order valence-electron chi connectivity index (χ2n) is 14.0. The lowest BCUT2D eigenvalue weighted by atomic mass is 9.75. The highest BCUT2D eigenvalue weighted by Gasteiger charge is 2.48. The van der Waals surface area contributed by atoms with Crippen molar-refractivity contribution in [2.24, 2.45) is 0 Å². The molecule has 0 fully saturated rings. The summed E-state index contributed by atoms with van der Waals surface area (Å²) in [5.41, 5.74) is 6.01. The van der Waals surface area contributed by atoms with Gasteiger partial charge in [0.1, 0.15) is 0 Å². The third-order valence-corrected chi connectivity index (χ3v) is 12.9. The molecule has 0 aromatic heterocycles. The SMILES string of the molecule is COS(=O)(=O)CCCCC1(C)C(/C=C/C=C2/N(CCCCCC(=O)O)c3ccc(S(=O)(=O)OC)cc3C2(C)C)=[N+](c2ccccc2)c2ccccc21. The van der Waals surface area contributed by atoms with Crippen LogP contribution in [0.4, 0.5) is 17.1 Å². The number of benzene rings is 3. The van der Waals surface area contributed by atoms with Crippen molar-refractivity contribution in [3.8, 4) is 0 Å². The van der Waals surface area contributed by atoms with Gasteiger partial charge >= 0.3 is 5.97 Å². The molecule has 0 radical (unpaired) electrons. The van der Waals surface area contributed by atoms with E-state index in [0.717, 1.165) is 59.5 Å². The maximum absolute atomic E-state index is 12.7. The van der Waals surface area contributed by atoms with Gasteiger partial charge in [0.15, 0.2) is 5.71 Å². The van der Waals surface area contributed by atoms with Crippen LogP contribution in [-0.4, -0.2) is 60.1 Å². The first-order chi connectivity index (χ1) is 24.7. The number of fused-ring (bicyclic) bond motifs is 2. The van der Waals surface area contributed by atoms with Gasteiger partial charge in [-0.3, -0.25) is 13.2 Å². The highest BCUT2D eigenvalue weighted by Crippen LogP contribution is 2.49. The number of anilines is 1. The van der Waals surface area contributed by atoms with E-state index in [1.165, 1.54) is 7.11 Å². The lowest BCUT2D eigenvalue weighted by Gasteiger charge is -2.27. The average Bonchev–Trinajstić information content (AvgIpc) is 3.50. The van der Waals surface area contributed by atoms with E-state index in [0.29, 0.717) is 32.2 Å². The summed E-state index contributed by atoms with van der Waals surface area (Å²) < 4.78 is 61.4. The maximum Gasteiger partial charge on any atom is 0.303 e. The van der Waals surface area contributed by atoms with Gasteiger partial charge in [-0.2, -0.15) is 21.4 Å². The van der Waals surface area contributed by atoms with E-state index in [2.05, 4.69) is 72.7 Å². The molecule has 10 nitrogen and oxygen atoms in total. The van der Waals surface area contributed by atoms with Crippen LogP contribution in [0.15, 0.2) is 102 Å². The van der Waals surface area contributed by atoms with E-state index in [1.54, 1.807) is 12.1 Å². The molecule has 278 valence electrons. The summed E-state index contributed by atoms with van der Waals surface area (Å²) in [7, 11) is -5.13. The number of aliphatic carboxylic acids is 1. The molecule has 2 aliphatic rings. The molecule has 5 rings (SSSR count). The quantitative estimate of drug-likeness (QED) is 0.0843.